The van der Waals surface area contributed by atoms with Crippen molar-refractivity contribution in [2.45, 2.75) is 19.4 Å². The third kappa shape index (κ3) is 4.40. The molecule has 0 unspecified atom stereocenters. The molecule has 1 saturated heterocycles. The van der Waals surface area contributed by atoms with Gasteiger partial charge in [0.2, 0.25) is 5.91 Å². The normalized spacial score (nSPS) is 13.4. The van der Waals surface area contributed by atoms with E-state index in [4.69, 9.17) is 25.8 Å². The van der Waals surface area contributed by atoms with Gasteiger partial charge in [0.15, 0.2) is 11.5 Å². The summed E-state index contributed by atoms with van der Waals surface area (Å²) in [5.41, 5.74) is 1.65. The Morgan fingerprint density at radius 3 is 2.38 bits per heavy atom. The van der Waals surface area contributed by atoms with Crippen molar-refractivity contribution < 1.29 is 23.8 Å². The number of amides is 2. The minimum atomic E-state index is -0.312. The highest BCUT2D eigenvalue weighted by Gasteiger charge is 2.26. The molecule has 1 fully saturated rings. The molecule has 1 N–H and O–H groups in total. The summed E-state index contributed by atoms with van der Waals surface area (Å²) in [4.78, 5) is 26.7. The number of hydrogen-bond donors (Lipinski definition) is 1. The maximum Gasteiger partial charge on any atom is 0.253 e. The topological polar surface area (TPSA) is 77.1 Å². The molecule has 1 heterocycles. The monoisotopic (exact) mass is 418 g/mol. The SMILES string of the molecule is COc1cc(OC)c(OC)cc1CNC(=O)c1ccc(Cl)cc1N1CCCC1=O. The van der Waals surface area contributed by atoms with E-state index in [0.29, 0.717) is 46.5 Å². The maximum atomic E-state index is 12.9. The molecule has 0 bridgehead atoms. The van der Waals surface area contributed by atoms with Crippen LogP contribution in [0.5, 0.6) is 17.2 Å². The Balaban J connectivity index is 1.84. The zero-order valence-corrected chi connectivity index (χ0v) is 17.3. The fraction of sp³-hybridized carbons (Fsp3) is 0.333. The summed E-state index contributed by atoms with van der Waals surface area (Å²) in [6.45, 7) is 0.779. The summed E-state index contributed by atoms with van der Waals surface area (Å²) >= 11 is 6.11. The summed E-state index contributed by atoms with van der Waals surface area (Å²) in [5.74, 6) is 1.31. The van der Waals surface area contributed by atoms with Crippen LogP contribution in [0.4, 0.5) is 5.69 Å². The Kier molecular flexibility index (Phi) is 6.49. The quantitative estimate of drug-likeness (QED) is 0.745. The smallest absolute Gasteiger partial charge is 0.253 e. The number of methoxy groups -OCH3 is 3. The molecular formula is C21H23ClN2O5. The minimum absolute atomic E-state index is 0.0112. The lowest BCUT2D eigenvalue weighted by Gasteiger charge is -2.20. The van der Waals surface area contributed by atoms with Crippen LogP contribution in [-0.2, 0) is 11.3 Å². The Labute approximate surface area is 174 Å². The van der Waals surface area contributed by atoms with Gasteiger partial charge in [0.1, 0.15) is 5.75 Å². The highest BCUT2D eigenvalue weighted by Crippen LogP contribution is 2.35. The second-order valence-corrected chi connectivity index (χ2v) is 6.95. The summed E-state index contributed by atoms with van der Waals surface area (Å²) in [6, 6.07) is 8.38. The van der Waals surface area contributed by atoms with Crippen molar-refractivity contribution in [3.63, 3.8) is 0 Å². The molecule has 2 aromatic rings. The van der Waals surface area contributed by atoms with Crippen molar-refractivity contribution in [1.82, 2.24) is 5.32 Å². The molecule has 0 spiro atoms. The van der Waals surface area contributed by atoms with E-state index in [1.165, 1.54) is 0 Å². The average Bonchev–Trinajstić information content (AvgIpc) is 3.16. The third-order valence-electron chi connectivity index (χ3n) is 4.79. The minimum Gasteiger partial charge on any atom is -0.496 e. The highest BCUT2D eigenvalue weighted by atomic mass is 35.5. The fourth-order valence-electron chi connectivity index (χ4n) is 3.32. The average molecular weight is 419 g/mol. The lowest BCUT2D eigenvalue weighted by atomic mass is 10.1. The van der Waals surface area contributed by atoms with Crippen molar-refractivity contribution in [3.05, 3.63) is 46.5 Å². The lowest BCUT2D eigenvalue weighted by molar-refractivity contribution is -0.117. The Morgan fingerprint density at radius 2 is 1.76 bits per heavy atom. The van der Waals surface area contributed by atoms with Crippen LogP contribution in [-0.4, -0.2) is 39.7 Å². The second-order valence-electron chi connectivity index (χ2n) is 6.51. The molecule has 8 heteroatoms. The number of carbonyl (C=O) groups is 2. The van der Waals surface area contributed by atoms with Gasteiger partial charge < -0.3 is 24.4 Å². The second kappa shape index (κ2) is 9.05. The number of hydrogen-bond acceptors (Lipinski definition) is 5. The van der Waals surface area contributed by atoms with Gasteiger partial charge in [-0.3, -0.25) is 9.59 Å². The first-order chi connectivity index (χ1) is 14.0. The standard InChI is InChI=1S/C21H23ClN2O5/c1-27-17-11-19(29-3)18(28-2)9-13(17)12-23-21(26)15-7-6-14(22)10-16(15)24-8-4-5-20(24)25/h6-7,9-11H,4-5,8,12H2,1-3H3,(H,23,26). The largest absolute Gasteiger partial charge is 0.496 e. The van der Waals surface area contributed by atoms with Crippen molar-refractivity contribution in [2.75, 3.05) is 32.8 Å². The van der Waals surface area contributed by atoms with E-state index in [2.05, 4.69) is 5.32 Å². The molecule has 0 saturated carbocycles. The Morgan fingerprint density at radius 1 is 1.07 bits per heavy atom. The molecule has 29 heavy (non-hydrogen) atoms. The van der Waals surface area contributed by atoms with E-state index < -0.39 is 0 Å². The zero-order valence-electron chi connectivity index (χ0n) is 16.6. The molecule has 3 rings (SSSR count). The first kappa shape index (κ1) is 20.8. The molecule has 1 aliphatic heterocycles. The van der Waals surface area contributed by atoms with Crippen LogP contribution in [0.2, 0.25) is 5.02 Å². The van der Waals surface area contributed by atoms with Crippen LogP contribution in [0.3, 0.4) is 0 Å². The van der Waals surface area contributed by atoms with Gasteiger partial charge in [-0.15, -0.1) is 0 Å². The number of ether oxygens (including phenoxy) is 3. The number of nitrogens with one attached hydrogen (secondary N) is 1. The van der Waals surface area contributed by atoms with Crippen molar-refractivity contribution in [3.8, 4) is 17.2 Å². The highest BCUT2D eigenvalue weighted by molar-refractivity contribution is 6.31. The molecule has 1 aliphatic rings. The number of anilines is 1. The van der Waals surface area contributed by atoms with E-state index >= 15 is 0 Å². The number of nitrogens with zero attached hydrogens (tertiary/aromatic N) is 1. The van der Waals surface area contributed by atoms with Gasteiger partial charge in [-0.2, -0.15) is 0 Å². The van der Waals surface area contributed by atoms with E-state index in [1.54, 1.807) is 56.6 Å². The van der Waals surface area contributed by atoms with Gasteiger partial charge in [-0.25, -0.2) is 0 Å². The molecule has 0 aliphatic carbocycles. The van der Waals surface area contributed by atoms with Crippen molar-refractivity contribution >= 4 is 29.1 Å². The number of carbonyl (C=O) groups excluding carboxylic acids is 2. The van der Waals surface area contributed by atoms with Crippen LogP contribution in [0.1, 0.15) is 28.8 Å². The molecular weight excluding hydrogens is 396 g/mol. The van der Waals surface area contributed by atoms with Gasteiger partial charge in [-0.1, -0.05) is 11.6 Å². The van der Waals surface area contributed by atoms with Crippen LogP contribution in [0, 0.1) is 0 Å². The fourth-order valence-corrected chi connectivity index (χ4v) is 3.49. The van der Waals surface area contributed by atoms with Gasteiger partial charge in [0.25, 0.3) is 5.91 Å². The van der Waals surface area contributed by atoms with Gasteiger partial charge in [-0.05, 0) is 30.7 Å². The van der Waals surface area contributed by atoms with E-state index in [9.17, 15) is 9.59 Å². The Bertz CT molecular complexity index is 932. The molecule has 2 aromatic carbocycles. The summed E-state index contributed by atoms with van der Waals surface area (Å²) in [7, 11) is 4.63. The summed E-state index contributed by atoms with van der Waals surface area (Å²) in [5, 5.41) is 3.35. The summed E-state index contributed by atoms with van der Waals surface area (Å²) in [6.07, 6.45) is 1.23. The number of halogens is 1. The molecule has 2 amide bonds. The van der Waals surface area contributed by atoms with Crippen LogP contribution < -0.4 is 24.4 Å². The molecule has 0 atom stereocenters. The first-order valence-electron chi connectivity index (χ1n) is 9.15. The third-order valence-corrected chi connectivity index (χ3v) is 5.03. The van der Waals surface area contributed by atoms with Crippen LogP contribution >= 0.6 is 11.6 Å². The predicted octanol–water partition coefficient (Wildman–Crippen LogP) is 3.42. The zero-order chi connectivity index (χ0) is 21.0. The predicted molar refractivity (Wildman–Crippen MR) is 110 cm³/mol. The van der Waals surface area contributed by atoms with E-state index in [1.807, 2.05) is 0 Å². The Hall–Kier alpha value is -2.93. The van der Waals surface area contributed by atoms with E-state index in [-0.39, 0.29) is 18.4 Å². The van der Waals surface area contributed by atoms with E-state index in [0.717, 1.165) is 12.0 Å². The number of benzene rings is 2. The molecule has 0 aromatic heterocycles. The first-order valence-corrected chi connectivity index (χ1v) is 9.53. The van der Waals surface area contributed by atoms with Crippen molar-refractivity contribution in [1.29, 1.82) is 0 Å². The van der Waals surface area contributed by atoms with Crippen LogP contribution in [0.15, 0.2) is 30.3 Å². The van der Waals surface area contributed by atoms with Crippen molar-refractivity contribution in [2.24, 2.45) is 0 Å². The molecule has 154 valence electrons. The number of rotatable bonds is 7. The molecule has 7 nitrogen and oxygen atoms in total. The maximum absolute atomic E-state index is 12.9. The lowest BCUT2D eigenvalue weighted by Crippen LogP contribution is -2.29. The summed E-state index contributed by atoms with van der Waals surface area (Å²) < 4.78 is 16.0. The van der Waals surface area contributed by atoms with Gasteiger partial charge >= 0.3 is 0 Å². The van der Waals surface area contributed by atoms with Gasteiger partial charge in [0.05, 0.1) is 32.6 Å². The molecule has 0 radical (unpaired) electrons. The van der Waals surface area contributed by atoms with Gasteiger partial charge in [0, 0.05) is 36.2 Å². The van der Waals surface area contributed by atoms with Crippen LogP contribution in [0.25, 0.3) is 0 Å².